The zero-order valence-electron chi connectivity index (χ0n) is 20.0. The van der Waals surface area contributed by atoms with Crippen LogP contribution in [0.5, 0.6) is 0 Å². The van der Waals surface area contributed by atoms with Gasteiger partial charge in [0.05, 0.1) is 46.5 Å². The Morgan fingerprint density at radius 2 is 2.03 bits per heavy atom. The fraction of sp³-hybridized carbons (Fsp3) is 0.240. The number of nitrogens with one attached hydrogen (secondary N) is 5. The van der Waals surface area contributed by atoms with E-state index in [9.17, 15) is 11.9 Å². The number of halogens is 1. The lowest BCUT2D eigenvalue weighted by Crippen LogP contribution is -2.33. The maximum absolute atomic E-state index is 9.71. The van der Waals surface area contributed by atoms with Crippen molar-refractivity contribution in [3.8, 4) is 12.1 Å². The third kappa shape index (κ3) is 4.99. The number of nitriles is 2. The molecule has 0 amide bonds. The maximum Gasteiger partial charge on any atom is 0.103 e. The second-order valence-corrected chi connectivity index (χ2v) is 9.48. The van der Waals surface area contributed by atoms with Gasteiger partial charge >= 0.3 is 0 Å². The molecule has 0 radical (unpaired) electrons. The fourth-order valence-electron chi connectivity index (χ4n) is 3.53. The Labute approximate surface area is 205 Å². The molecular formula is C25H25ClN8. The van der Waals surface area contributed by atoms with Crippen LogP contribution in [-0.2, 0) is 0 Å². The summed E-state index contributed by atoms with van der Waals surface area (Å²) < 4.78 is 9.38. The molecule has 0 bridgehead atoms. The highest BCUT2D eigenvalue weighted by Gasteiger charge is 2.21. The maximum atomic E-state index is 9.71. The normalized spacial score (nSPS) is 15.1. The summed E-state index contributed by atoms with van der Waals surface area (Å²) in [7, 11) is 0. The number of hydrogen-bond acceptors (Lipinski definition) is 8. The SMILES string of the molecule is [2H][C@](Nc1cc(Cl)c2ncc(C#N)c(NCC(C)(C)C)c2c1)(C1=CNNN1)c1cccc(C#N)c1. The van der Waals surface area contributed by atoms with Gasteiger partial charge in [0.2, 0.25) is 0 Å². The number of anilines is 2. The minimum Gasteiger partial charge on any atom is -0.383 e. The number of aromatic nitrogens is 1. The van der Waals surface area contributed by atoms with Crippen molar-refractivity contribution in [1.82, 2.24) is 21.4 Å². The van der Waals surface area contributed by atoms with Crippen LogP contribution in [0.1, 0.15) is 44.9 Å². The lowest BCUT2D eigenvalue weighted by Gasteiger charge is -2.23. The van der Waals surface area contributed by atoms with Crippen molar-refractivity contribution in [3.63, 3.8) is 0 Å². The summed E-state index contributed by atoms with van der Waals surface area (Å²) in [4.78, 5) is 4.40. The Morgan fingerprint density at radius 3 is 2.71 bits per heavy atom. The molecule has 0 fully saturated rings. The van der Waals surface area contributed by atoms with E-state index in [1.54, 1.807) is 36.5 Å². The Bertz CT molecular complexity index is 1400. The topological polar surface area (TPSA) is 121 Å². The van der Waals surface area contributed by atoms with E-state index in [2.05, 4.69) is 64.9 Å². The van der Waals surface area contributed by atoms with Crippen molar-refractivity contribution in [1.29, 1.82) is 10.5 Å². The van der Waals surface area contributed by atoms with Crippen molar-refractivity contribution < 1.29 is 1.37 Å². The zero-order valence-corrected chi connectivity index (χ0v) is 19.8. The van der Waals surface area contributed by atoms with Gasteiger partial charge in [-0.3, -0.25) is 4.98 Å². The van der Waals surface area contributed by atoms with Crippen LogP contribution in [0, 0.1) is 28.1 Å². The summed E-state index contributed by atoms with van der Waals surface area (Å²) in [5.41, 5.74) is 12.1. The van der Waals surface area contributed by atoms with E-state index < -0.39 is 6.02 Å². The predicted molar refractivity (Wildman–Crippen MR) is 134 cm³/mol. The van der Waals surface area contributed by atoms with Gasteiger partial charge < -0.3 is 21.5 Å². The molecule has 8 nitrogen and oxygen atoms in total. The van der Waals surface area contributed by atoms with Crippen molar-refractivity contribution in [2.45, 2.75) is 26.8 Å². The van der Waals surface area contributed by atoms with Crippen molar-refractivity contribution >= 4 is 33.9 Å². The number of nitrogens with zero attached hydrogens (tertiary/aromatic N) is 3. The molecule has 1 atom stereocenters. The lowest BCUT2D eigenvalue weighted by atomic mass is 9.96. The van der Waals surface area contributed by atoms with Crippen LogP contribution in [-0.4, -0.2) is 11.5 Å². The predicted octanol–water partition coefficient (Wildman–Crippen LogP) is 4.70. The number of rotatable bonds is 6. The molecule has 172 valence electrons. The lowest BCUT2D eigenvalue weighted by molar-refractivity contribution is 0.443. The van der Waals surface area contributed by atoms with Crippen LogP contribution in [0.15, 0.2) is 54.5 Å². The van der Waals surface area contributed by atoms with Crippen LogP contribution in [0.2, 0.25) is 5.02 Å². The van der Waals surface area contributed by atoms with Gasteiger partial charge in [0, 0.05) is 30.0 Å². The van der Waals surface area contributed by atoms with E-state index in [0.717, 1.165) is 0 Å². The number of hydrogen-bond donors (Lipinski definition) is 5. The van der Waals surface area contributed by atoms with Gasteiger partial charge in [-0.2, -0.15) is 16.1 Å². The van der Waals surface area contributed by atoms with Crippen molar-refractivity contribution in [3.05, 3.63) is 76.2 Å². The molecule has 0 aliphatic carbocycles. The molecule has 0 spiro atoms. The smallest absolute Gasteiger partial charge is 0.103 e. The van der Waals surface area contributed by atoms with Crippen LogP contribution >= 0.6 is 11.6 Å². The molecule has 9 heteroatoms. The molecule has 4 rings (SSSR count). The molecule has 2 aromatic carbocycles. The highest BCUT2D eigenvalue weighted by atomic mass is 35.5. The van der Waals surface area contributed by atoms with Gasteiger partial charge in [-0.1, -0.05) is 44.5 Å². The first-order valence-electron chi connectivity index (χ1n) is 11.2. The second-order valence-electron chi connectivity index (χ2n) is 9.07. The van der Waals surface area contributed by atoms with Crippen LogP contribution in [0.4, 0.5) is 11.4 Å². The molecule has 3 aromatic rings. The van der Waals surface area contributed by atoms with Crippen LogP contribution < -0.4 is 27.0 Å². The molecule has 0 saturated heterocycles. The summed E-state index contributed by atoms with van der Waals surface area (Å²) in [5.74, 6) is 0. The average molecular weight is 474 g/mol. The quantitative estimate of drug-likeness (QED) is 0.349. The number of hydrazine groups is 2. The van der Waals surface area contributed by atoms with Crippen molar-refractivity contribution in [2.24, 2.45) is 5.41 Å². The van der Waals surface area contributed by atoms with E-state index in [4.69, 9.17) is 11.6 Å². The number of fused-ring (bicyclic) bond motifs is 1. The van der Waals surface area contributed by atoms with E-state index in [0.29, 0.717) is 56.2 Å². The minimum atomic E-state index is -1.50. The molecule has 2 heterocycles. The average Bonchev–Trinajstić information content (AvgIpc) is 3.37. The first-order chi connectivity index (χ1) is 16.6. The fourth-order valence-corrected chi connectivity index (χ4v) is 3.79. The molecule has 1 aliphatic heterocycles. The van der Waals surface area contributed by atoms with Crippen LogP contribution in [0.3, 0.4) is 0 Å². The molecule has 0 saturated carbocycles. The van der Waals surface area contributed by atoms with Gasteiger partial charge in [-0.15, -0.1) is 0 Å². The zero-order chi connectivity index (χ0) is 25.2. The molecular weight excluding hydrogens is 448 g/mol. The highest BCUT2D eigenvalue weighted by Crippen LogP contribution is 2.36. The Balaban J connectivity index is 1.85. The molecule has 5 N–H and O–H groups in total. The van der Waals surface area contributed by atoms with Crippen molar-refractivity contribution in [2.75, 3.05) is 17.2 Å². The molecule has 1 aromatic heterocycles. The second kappa shape index (κ2) is 9.48. The number of benzene rings is 2. The van der Waals surface area contributed by atoms with Gasteiger partial charge in [-0.05, 0) is 35.2 Å². The van der Waals surface area contributed by atoms with Gasteiger partial charge in [-0.25, -0.2) is 0 Å². The largest absolute Gasteiger partial charge is 0.383 e. The summed E-state index contributed by atoms with van der Waals surface area (Å²) >= 11 is 6.63. The third-order valence-electron chi connectivity index (χ3n) is 5.15. The first kappa shape index (κ1) is 21.8. The first-order valence-corrected chi connectivity index (χ1v) is 11.0. The third-order valence-corrected chi connectivity index (χ3v) is 5.43. The van der Waals surface area contributed by atoms with Gasteiger partial charge in [0.15, 0.2) is 0 Å². The standard InChI is InChI=1S/C25H25ClN8/c1-25(2,3)14-30-22-17(11-28)12-29-24-19(22)8-18(9-20(24)26)32-23(21-13-31-34-33-21)16-6-4-5-15(7-16)10-27/h4-9,12-13,23,31-34H,14H2,1-3H3,(H,29,30)/t23-/m1/s1/i23D. The van der Waals surface area contributed by atoms with E-state index in [1.165, 1.54) is 6.20 Å². The minimum absolute atomic E-state index is 0.0231. The summed E-state index contributed by atoms with van der Waals surface area (Å²) in [6.45, 7) is 6.93. The molecule has 34 heavy (non-hydrogen) atoms. The van der Waals surface area contributed by atoms with Gasteiger partial charge in [0.1, 0.15) is 6.07 Å². The summed E-state index contributed by atoms with van der Waals surface area (Å²) in [5, 5.41) is 26.8. The van der Waals surface area contributed by atoms with E-state index in [1.807, 2.05) is 6.07 Å². The Kier molecular flexibility index (Phi) is 6.09. The molecule has 1 aliphatic rings. The molecule has 0 unspecified atom stereocenters. The van der Waals surface area contributed by atoms with E-state index in [-0.39, 0.29) is 5.41 Å². The highest BCUT2D eigenvalue weighted by molar-refractivity contribution is 6.35. The number of pyridine rings is 1. The van der Waals surface area contributed by atoms with Gasteiger partial charge in [0.25, 0.3) is 0 Å². The Morgan fingerprint density at radius 1 is 1.21 bits per heavy atom. The van der Waals surface area contributed by atoms with E-state index >= 15 is 0 Å². The summed E-state index contributed by atoms with van der Waals surface area (Å²) in [6, 6.07) is 13.2. The van der Waals surface area contributed by atoms with Crippen LogP contribution in [0.25, 0.3) is 10.9 Å². The Hall–Kier alpha value is -3.98. The summed E-state index contributed by atoms with van der Waals surface area (Å²) in [6.07, 6.45) is 3.15. The monoisotopic (exact) mass is 473 g/mol.